The molecular formula is C20H19F2N9S. The SMILES string of the molecule is CCC1c2nnc(C)n2-c2cnc(-c3cn[nH]c3-c3nccs3)nc2N1C1CC(F)(F)C1. The van der Waals surface area contributed by atoms with Crippen LogP contribution < -0.4 is 4.90 Å². The molecule has 2 aliphatic rings. The van der Waals surface area contributed by atoms with E-state index in [-0.39, 0.29) is 24.9 Å². The molecule has 5 heterocycles. The first-order valence-electron chi connectivity index (χ1n) is 10.4. The Morgan fingerprint density at radius 1 is 1.22 bits per heavy atom. The van der Waals surface area contributed by atoms with Gasteiger partial charge in [-0.05, 0) is 13.3 Å². The fraction of sp³-hybridized carbons (Fsp3) is 0.400. The molecule has 4 aromatic rings. The second-order valence-corrected chi connectivity index (χ2v) is 8.98. The van der Waals surface area contributed by atoms with E-state index in [4.69, 9.17) is 4.98 Å². The van der Waals surface area contributed by atoms with Crippen molar-refractivity contribution in [3.63, 3.8) is 0 Å². The van der Waals surface area contributed by atoms with Gasteiger partial charge in [0, 0.05) is 30.5 Å². The summed E-state index contributed by atoms with van der Waals surface area (Å²) in [6.07, 6.45) is 5.38. The first-order chi connectivity index (χ1) is 15.5. The number of alkyl halides is 2. The molecule has 0 saturated heterocycles. The van der Waals surface area contributed by atoms with Gasteiger partial charge < -0.3 is 4.90 Å². The molecule has 0 spiro atoms. The van der Waals surface area contributed by atoms with Crippen molar-refractivity contribution in [1.82, 2.24) is 39.9 Å². The zero-order valence-corrected chi connectivity index (χ0v) is 18.1. The molecule has 12 heteroatoms. The van der Waals surface area contributed by atoms with Crippen LogP contribution in [0.15, 0.2) is 24.0 Å². The molecule has 1 aliphatic heterocycles. The largest absolute Gasteiger partial charge is 0.341 e. The Morgan fingerprint density at radius 2 is 2.06 bits per heavy atom. The molecule has 1 unspecified atom stereocenters. The number of nitrogens with one attached hydrogen (secondary N) is 1. The molecule has 0 amide bonds. The smallest absolute Gasteiger partial charge is 0.252 e. The molecule has 1 fully saturated rings. The highest BCUT2D eigenvalue weighted by molar-refractivity contribution is 7.13. The molecule has 1 atom stereocenters. The maximum atomic E-state index is 13.9. The Balaban J connectivity index is 1.52. The quantitative estimate of drug-likeness (QED) is 0.497. The predicted molar refractivity (Wildman–Crippen MR) is 114 cm³/mol. The van der Waals surface area contributed by atoms with Crippen molar-refractivity contribution in [3.05, 3.63) is 35.6 Å². The van der Waals surface area contributed by atoms with Crippen molar-refractivity contribution in [1.29, 1.82) is 0 Å². The van der Waals surface area contributed by atoms with Gasteiger partial charge in [-0.3, -0.25) is 9.67 Å². The van der Waals surface area contributed by atoms with Gasteiger partial charge in [-0.15, -0.1) is 21.5 Å². The van der Waals surface area contributed by atoms with Gasteiger partial charge in [-0.1, -0.05) is 6.92 Å². The van der Waals surface area contributed by atoms with Gasteiger partial charge >= 0.3 is 0 Å². The summed E-state index contributed by atoms with van der Waals surface area (Å²) in [5.74, 6) is -0.132. The van der Waals surface area contributed by atoms with Crippen LogP contribution in [-0.2, 0) is 0 Å². The highest BCUT2D eigenvalue weighted by Gasteiger charge is 2.52. The number of hydrogen-bond acceptors (Lipinski definition) is 8. The van der Waals surface area contributed by atoms with Crippen LogP contribution in [0.5, 0.6) is 0 Å². The minimum Gasteiger partial charge on any atom is -0.341 e. The highest BCUT2D eigenvalue weighted by Crippen LogP contribution is 2.49. The Morgan fingerprint density at radius 3 is 2.78 bits per heavy atom. The van der Waals surface area contributed by atoms with E-state index in [1.54, 1.807) is 18.6 Å². The van der Waals surface area contributed by atoms with E-state index >= 15 is 0 Å². The molecule has 1 aliphatic carbocycles. The Bertz CT molecular complexity index is 1290. The molecule has 0 aromatic carbocycles. The molecule has 9 nitrogen and oxygen atoms in total. The fourth-order valence-corrected chi connectivity index (χ4v) is 5.25. The van der Waals surface area contributed by atoms with E-state index in [9.17, 15) is 8.78 Å². The number of rotatable bonds is 4. The van der Waals surface area contributed by atoms with Crippen molar-refractivity contribution in [3.8, 4) is 27.8 Å². The lowest BCUT2D eigenvalue weighted by Crippen LogP contribution is -2.54. The number of aromatic amines is 1. The topological polar surface area (TPSA) is 101 Å². The van der Waals surface area contributed by atoms with Gasteiger partial charge in [0.2, 0.25) is 0 Å². The molecule has 4 aromatic heterocycles. The Hall–Kier alpha value is -3.28. The van der Waals surface area contributed by atoms with E-state index in [0.29, 0.717) is 35.1 Å². The summed E-state index contributed by atoms with van der Waals surface area (Å²) in [4.78, 5) is 15.8. The number of nitrogens with zero attached hydrogens (tertiary/aromatic N) is 8. The lowest BCUT2D eigenvalue weighted by Gasteiger charge is -2.48. The second-order valence-electron chi connectivity index (χ2n) is 8.09. The third-order valence-corrected chi connectivity index (χ3v) is 6.88. The highest BCUT2D eigenvalue weighted by atomic mass is 32.1. The third kappa shape index (κ3) is 2.78. The average Bonchev–Trinajstić information content (AvgIpc) is 3.51. The van der Waals surface area contributed by atoms with Crippen LogP contribution in [0.2, 0.25) is 0 Å². The molecular weight excluding hydrogens is 436 g/mol. The van der Waals surface area contributed by atoms with Crippen LogP contribution in [-0.4, -0.2) is 51.9 Å². The minimum atomic E-state index is -2.65. The summed E-state index contributed by atoms with van der Waals surface area (Å²) in [6, 6.07) is -0.527. The number of H-pyrrole nitrogens is 1. The second kappa shape index (κ2) is 6.86. The number of anilines is 1. The number of thiazole rings is 1. The van der Waals surface area contributed by atoms with Gasteiger partial charge in [0.15, 0.2) is 17.5 Å². The Labute approximate surface area is 185 Å². The van der Waals surface area contributed by atoms with Crippen LogP contribution >= 0.6 is 11.3 Å². The minimum absolute atomic E-state index is 0.199. The molecule has 6 rings (SSSR count). The van der Waals surface area contributed by atoms with E-state index in [2.05, 4.69) is 30.4 Å². The van der Waals surface area contributed by atoms with Crippen LogP contribution in [0.1, 0.15) is 43.9 Å². The standard InChI is InChI=1S/C20H19F2N9S/c1-3-13-18-29-27-10(2)30(18)14-9-24-16(12-8-25-28-15(12)19-23-4-5-32-19)26-17(14)31(13)11-6-20(21,22)7-11/h4-5,8-9,11,13H,3,6-7H2,1-2H3,(H,25,28). The lowest BCUT2D eigenvalue weighted by molar-refractivity contribution is -0.0878. The van der Waals surface area contributed by atoms with E-state index in [0.717, 1.165) is 16.5 Å². The normalized spacial score (nSPS) is 19.5. The monoisotopic (exact) mass is 455 g/mol. The summed E-state index contributed by atoms with van der Waals surface area (Å²) in [7, 11) is 0. The fourth-order valence-electron chi connectivity index (χ4n) is 4.61. The Kier molecular flexibility index (Phi) is 4.16. The van der Waals surface area contributed by atoms with Crippen LogP contribution in [0.4, 0.5) is 14.6 Å². The first kappa shape index (κ1) is 19.4. The van der Waals surface area contributed by atoms with Gasteiger partial charge in [0.05, 0.1) is 24.0 Å². The maximum Gasteiger partial charge on any atom is 0.252 e. The number of halogens is 2. The molecule has 164 valence electrons. The van der Waals surface area contributed by atoms with Crippen molar-refractivity contribution < 1.29 is 8.78 Å². The van der Waals surface area contributed by atoms with Gasteiger partial charge in [-0.25, -0.2) is 23.7 Å². The average molecular weight is 455 g/mol. The summed E-state index contributed by atoms with van der Waals surface area (Å²) in [6.45, 7) is 3.89. The number of aromatic nitrogens is 8. The lowest BCUT2D eigenvalue weighted by atomic mass is 9.85. The molecule has 0 radical (unpaired) electrons. The zero-order chi connectivity index (χ0) is 22.0. The third-order valence-electron chi connectivity index (χ3n) is 6.09. The zero-order valence-electron chi connectivity index (χ0n) is 17.3. The van der Waals surface area contributed by atoms with Crippen LogP contribution in [0, 0.1) is 6.92 Å². The van der Waals surface area contributed by atoms with E-state index < -0.39 is 5.92 Å². The van der Waals surface area contributed by atoms with E-state index in [1.807, 2.05) is 28.7 Å². The molecule has 32 heavy (non-hydrogen) atoms. The predicted octanol–water partition coefficient (Wildman–Crippen LogP) is 3.95. The first-order valence-corrected chi connectivity index (χ1v) is 11.2. The maximum absolute atomic E-state index is 13.9. The van der Waals surface area contributed by atoms with Gasteiger partial charge in [-0.2, -0.15) is 5.10 Å². The van der Waals surface area contributed by atoms with Gasteiger partial charge in [0.25, 0.3) is 5.92 Å². The molecule has 1 saturated carbocycles. The van der Waals surface area contributed by atoms with Crippen LogP contribution in [0.25, 0.3) is 27.8 Å². The molecule has 0 bridgehead atoms. The number of hydrogen-bond donors (Lipinski definition) is 1. The summed E-state index contributed by atoms with van der Waals surface area (Å²) in [5, 5.41) is 18.4. The van der Waals surface area contributed by atoms with Crippen LogP contribution in [0.3, 0.4) is 0 Å². The van der Waals surface area contributed by atoms with Crippen molar-refractivity contribution >= 4 is 17.2 Å². The molecule has 1 N–H and O–H groups in total. The summed E-state index contributed by atoms with van der Waals surface area (Å²) < 4.78 is 29.6. The van der Waals surface area contributed by atoms with Gasteiger partial charge in [0.1, 0.15) is 22.2 Å². The van der Waals surface area contributed by atoms with Crippen molar-refractivity contribution in [2.45, 2.75) is 51.1 Å². The van der Waals surface area contributed by atoms with E-state index in [1.165, 1.54) is 11.3 Å². The van der Waals surface area contributed by atoms with Crippen molar-refractivity contribution in [2.75, 3.05) is 4.90 Å². The summed E-state index contributed by atoms with van der Waals surface area (Å²) in [5.41, 5.74) is 2.14. The summed E-state index contributed by atoms with van der Waals surface area (Å²) >= 11 is 1.48. The number of aryl methyl sites for hydroxylation is 1. The number of fused-ring (bicyclic) bond motifs is 3. The van der Waals surface area contributed by atoms with Crippen molar-refractivity contribution in [2.24, 2.45) is 0 Å².